The van der Waals surface area contributed by atoms with Crippen LogP contribution >= 0.6 is 0 Å². The van der Waals surface area contributed by atoms with E-state index < -0.39 is 0 Å². The second-order valence-corrected chi connectivity index (χ2v) is 3.36. The van der Waals surface area contributed by atoms with E-state index in [0.29, 0.717) is 12.5 Å². The molecule has 1 rings (SSSR count). The van der Waals surface area contributed by atoms with Gasteiger partial charge in [0.15, 0.2) is 5.82 Å². The first-order valence-electron chi connectivity index (χ1n) is 4.49. The van der Waals surface area contributed by atoms with Crippen molar-refractivity contribution in [2.75, 3.05) is 6.54 Å². The third kappa shape index (κ3) is 3.14. The van der Waals surface area contributed by atoms with Gasteiger partial charge in [0.25, 0.3) is 0 Å². The van der Waals surface area contributed by atoms with Crippen LogP contribution in [0, 0.1) is 0 Å². The van der Waals surface area contributed by atoms with Crippen LogP contribution in [-0.2, 0) is 11.3 Å². The van der Waals surface area contributed by atoms with E-state index in [4.69, 9.17) is 5.73 Å². The van der Waals surface area contributed by atoms with E-state index in [1.165, 1.54) is 0 Å². The predicted molar refractivity (Wildman–Crippen MR) is 51.4 cm³/mol. The van der Waals surface area contributed by atoms with Gasteiger partial charge < -0.3 is 11.1 Å². The van der Waals surface area contributed by atoms with E-state index in [2.05, 4.69) is 20.5 Å². The number of primary amides is 1. The summed E-state index contributed by atoms with van der Waals surface area (Å²) in [5.74, 6) is 1.42. The largest absolute Gasteiger partial charge is 0.369 e. The van der Waals surface area contributed by atoms with E-state index in [1.807, 2.05) is 13.8 Å². The number of amides is 1. The first-order valence-corrected chi connectivity index (χ1v) is 4.49. The number of hydrogen-bond donors (Lipinski definition) is 3. The van der Waals surface area contributed by atoms with Crippen LogP contribution in [0.1, 0.15) is 31.4 Å². The topological polar surface area (TPSA) is 96.7 Å². The van der Waals surface area contributed by atoms with Crippen molar-refractivity contribution in [2.24, 2.45) is 5.73 Å². The maximum atomic E-state index is 10.4. The maximum Gasteiger partial charge on any atom is 0.231 e. The van der Waals surface area contributed by atoms with Crippen molar-refractivity contribution >= 4 is 5.91 Å². The smallest absolute Gasteiger partial charge is 0.231 e. The first kappa shape index (κ1) is 10.6. The SMILES string of the molecule is CC(C)c1n[nH]c(CNCC(N)=O)n1. The van der Waals surface area contributed by atoms with E-state index in [-0.39, 0.29) is 12.5 Å². The van der Waals surface area contributed by atoms with E-state index in [0.717, 1.165) is 11.6 Å². The monoisotopic (exact) mass is 197 g/mol. The lowest BCUT2D eigenvalue weighted by Gasteiger charge is -1.97. The van der Waals surface area contributed by atoms with Crippen LogP contribution in [0.25, 0.3) is 0 Å². The van der Waals surface area contributed by atoms with Crippen LogP contribution in [0.15, 0.2) is 0 Å². The Kier molecular flexibility index (Phi) is 3.58. The Labute approximate surface area is 82.3 Å². The fourth-order valence-corrected chi connectivity index (χ4v) is 0.951. The van der Waals surface area contributed by atoms with Gasteiger partial charge in [-0.15, -0.1) is 0 Å². The highest BCUT2D eigenvalue weighted by molar-refractivity contribution is 5.75. The van der Waals surface area contributed by atoms with Crippen molar-refractivity contribution in [3.8, 4) is 0 Å². The van der Waals surface area contributed by atoms with Gasteiger partial charge in [0.2, 0.25) is 5.91 Å². The fraction of sp³-hybridized carbons (Fsp3) is 0.625. The molecule has 0 aromatic carbocycles. The summed E-state index contributed by atoms with van der Waals surface area (Å²) < 4.78 is 0. The van der Waals surface area contributed by atoms with Crippen molar-refractivity contribution in [1.82, 2.24) is 20.5 Å². The number of aromatic amines is 1. The first-order chi connectivity index (χ1) is 6.59. The zero-order valence-electron chi connectivity index (χ0n) is 8.37. The average molecular weight is 197 g/mol. The quantitative estimate of drug-likeness (QED) is 0.593. The van der Waals surface area contributed by atoms with Crippen LogP contribution in [0.4, 0.5) is 0 Å². The molecule has 6 heteroatoms. The van der Waals surface area contributed by atoms with Gasteiger partial charge in [-0.2, -0.15) is 5.10 Å². The van der Waals surface area contributed by atoms with E-state index in [1.54, 1.807) is 0 Å². The van der Waals surface area contributed by atoms with Crippen LogP contribution < -0.4 is 11.1 Å². The molecule has 0 fully saturated rings. The fourth-order valence-electron chi connectivity index (χ4n) is 0.951. The van der Waals surface area contributed by atoms with Crippen LogP contribution in [-0.4, -0.2) is 27.6 Å². The molecular weight excluding hydrogens is 182 g/mol. The molecule has 78 valence electrons. The number of nitrogens with zero attached hydrogens (tertiary/aromatic N) is 2. The Morgan fingerprint density at radius 1 is 1.64 bits per heavy atom. The number of carbonyl (C=O) groups is 1. The zero-order valence-corrected chi connectivity index (χ0v) is 8.37. The van der Waals surface area contributed by atoms with Crippen molar-refractivity contribution in [1.29, 1.82) is 0 Å². The average Bonchev–Trinajstić information content (AvgIpc) is 2.52. The molecule has 0 spiro atoms. The van der Waals surface area contributed by atoms with Crippen LogP contribution in [0.5, 0.6) is 0 Å². The minimum Gasteiger partial charge on any atom is -0.369 e. The lowest BCUT2D eigenvalue weighted by atomic mass is 10.2. The third-order valence-electron chi connectivity index (χ3n) is 1.66. The van der Waals surface area contributed by atoms with Gasteiger partial charge in [0.05, 0.1) is 13.1 Å². The van der Waals surface area contributed by atoms with Crippen molar-refractivity contribution in [2.45, 2.75) is 26.3 Å². The molecule has 1 aromatic rings. The lowest BCUT2D eigenvalue weighted by molar-refractivity contribution is -0.117. The summed E-state index contributed by atoms with van der Waals surface area (Å²) in [7, 11) is 0. The Balaban J connectivity index is 2.40. The van der Waals surface area contributed by atoms with Gasteiger partial charge in [-0.3, -0.25) is 9.89 Å². The highest BCUT2D eigenvalue weighted by Crippen LogP contribution is 2.06. The molecule has 0 unspecified atom stereocenters. The Hall–Kier alpha value is -1.43. The maximum absolute atomic E-state index is 10.4. The normalized spacial score (nSPS) is 10.8. The lowest BCUT2D eigenvalue weighted by Crippen LogP contribution is -2.28. The summed E-state index contributed by atoms with van der Waals surface area (Å²) in [6.45, 7) is 4.66. The summed E-state index contributed by atoms with van der Waals surface area (Å²) in [5, 5.41) is 9.65. The Bertz CT molecular complexity index is 306. The highest BCUT2D eigenvalue weighted by Gasteiger charge is 2.06. The molecule has 0 radical (unpaired) electrons. The van der Waals surface area contributed by atoms with Crippen molar-refractivity contribution < 1.29 is 4.79 Å². The number of nitrogens with two attached hydrogens (primary N) is 1. The Morgan fingerprint density at radius 2 is 2.36 bits per heavy atom. The molecule has 14 heavy (non-hydrogen) atoms. The molecular formula is C8H15N5O. The second kappa shape index (κ2) is 4.71. The third-order valence-corrected chi connectivity index (χ3v) is 1.66. The van der Waals surface area contributed by atoms with Gasteiger partial charge in [-0.05, 0) is 0 Å². The molecule has 0 saturated heterocycles. The van der Waals surface area contributed by atoms with Crippen molar-refractivity contribution in [3.63, 3.8) is 0 Å². The minimum atomic E-state index is -0.381. The van der Waals surface area contributed by atoms with Gasteiger partial charge >= 0.3 is 0 Å². The van der Waals surface area contributed by atoms with Crippen LogP contribution in [0.2, 0.25) is 0 Å². The molecule has 0 aliphatic heterocycles. The second-order valence-electron chi connectivity index (χ2n) is 3.36. The highest BCUT2D eigenvalue weighted by atomic mass is 16.1. The molecule has 0 aliphatic carbocycles. The summed E-state index contributed by atoms with van der Waals surface area (Å²) in [4.78, 5) is 14.6. The van der Waals surface area contributed by atoms with Crippen LogP contribution in [0.3, 0.4) is 0 Å². The number of nitrogens with one attached hydrogen (secondary N) is 2. The standard InChI is InChI=1S/C8H15N5O/c1-5(2)8-11-7(12-13-8)4-10-3-6(9)14/h5,10H,3-4H2,1-2H3,(H2,9,14)(H,11,12,13). The van der Waals surface area contributed by atoms with Gasteiger partial charge in [0, 0.05) is 5.92 Å². The zero-order chi connectivity index (χ0) is 10.6. The molecule has 4 N–H and O–H groups in total. The number of rotatable bonds is 5. The summed E-state index contributed by atoms with van der Waals surface area (Å²) >= 11 is 0. The summed E-state index contributed by atoms with van der Waals surface area (Å²) in [6.07, 6.45) is 0. The minimum absolute atomic E-state index is 0.151. The number of H-pyrrole nitrogens is 1. The molecule has 6 nitrogen and oxygen atoms in total. The van der Waals surface area contributed by atoms with Gasteiger partial charge in [-0.25, -0.2) is 4.98 Å². The molecule has 1 amide bonds. The molecule has 0 saturated carbocycles. The van der Waals surface area contributed by atoms with Crippen molar-refractivity contribution in [3.05, 3.63) is 11.6 Å². The predicted octanol–water partition coefficient (Wildman–Crippen LogP) is -0.497. The molecule has 0 bridgehead atoms. The van der Waals surface area contributed by atoms with E-state index in [9.17, 15) is 4.79 Å². The molecule has 1 heterocycles. The number of aromatic nitrogens is 3. The molecule has 0 aliphatic rings. The molecule has 0 atom stereocenters. The number of hydrogen-bond acceptors (Lipinski definition) is 4. The van der Waals surface area contributed by atoms with Gasteiger partial charge in [0.1, 0.15) is 5.82 Å². The summed E-state index contributed by atoms with van der Waals surface area (Å²) in [6, 6.07) is 0. The number of carbonyl (C=O) groups excluding carboxylic acids is 1. The Morgan fingerprint density at radius 3 is 2.86 bits per heavy atom. The van der Waals surface area contributed by atoms with E-state index >= 15 is 0 Å². The summed E-state index contributed by atoms with van der Waals surface area (Å²) in [5.41, 5.74) is 4.96. The van der Waals surface area contributed by atoms with Gasteiger partial charge in [-0.1, -0.05) is 13.8 Å². The molecule has 1 aromatic heterocycles.